The van der Waals surface area contributed by atoms with Gasteiger partial charge in [0.1, 0.15) is 5.75 Å². The Kier molecular flexibility index (Phi) is 5.48. The average Bonchev–Trinajstić information content (AvgIpc) is 3.02. The molecule has 7 nitrogen and oxygen atoms in total. The third kappa shape index (κ3) is 4.29. The van der Waals surface area contributed by atoms with Crippen LogP contribution in [0.1, 0.15) is 19.2 Å². The molecule has 3 N–H and O–H groups in total. The number of carbonyl (C=O) groups is 1. The van der Waals surface area contributed by atoms with Crippen molar-refractivity contribution in [3.8, 4) is 17.1 Å². The van der Waals surface area contributed by atoms with Gasteiger partial charge in [-0.2, -0.15) is 4.98 Å². The molecule has 0 unspecified atom stereocenters. The Labute approximate surface area is 128 Å². The van der Waals surface area contributed by atoms with Gasteiger partial charge in [-0.3, -0.25) is 4.79 Å². The summed E-state index contributed by atoms with van der Waals surface area (Å²) in [6.45, 7) is 2.26. The average molecular weight is 304 g/mol. The number of aromatic nitrogens is 2. The predicted molar refractivity (Wildman–Crippen MR) is 81.3 cm³/mol. The van der Waals surface area contributed by atoms with E-state index in [0.29, 0.717) is 24.7 Å². The van der Waals surface area contributed by atoms with Gasteiger partial charge in [0, 0.05) is 31.0 Å². The minimum Gasteiger partial charge on any atom is -0.497 e. The summed E-state index contributed by atoms with van der Waals surface area (Å²) in [5, 5.41) is 6.70. The number of aryl methyl sites for hydroxylation is 1. The van der Waals surface area contributed by atoms with E-state index >= 15 is 0 Å². The zero-order valence-electron chi connectivity index (χ0n) is 12.7. The van der Waals surface area contributed by atoms with Gasteiger partial charge in [0.25, 0.3) is 0 Å². The van der Waals surface area contributed by atoms with E-state index in [2.05, 4.69) is 15.5 Å². The van der Waals surface area contributed by atoms with Crippen LogP contribution in [0.3, 0.4) is 0 Å². The summed E-state index contributed by atoms with van der Waals surface area (Å²) < 4.78 is 10.3. The smallest absolute Gasteiger partial charge is 0.227 e. The maximum Gasteiger partial charge on any atom is 0.227 e. The van der Waals surface area contributed by atoms with Crippen LogP contribution < -0.4 is 15.8 Å². The summed E-state index contributed by atoms with van der Waals surface area (Å²) in [5.41, 5.74) is 6.28. The first-order valence-corrected chi connectivity index (χ1v) is 7.09. The quantitative estimate of drug-likeness (QED) is 0.795. The van der Waals surface area contributed by atoms with Crippen molar-refractivity contribution in [1.82, 2.24) is 15.5 Å². The molecule has 0 saturated carbocycles. The zero-order chi connectivity index (χ0) is 15.9. The van der Waals surface area contributed by atoms with E-state index in [0.717, 1.165) is 11.3 Å². The van der Waals surface area contributed by atoms with Gasteiger partial charge in [0.15, 0.2) is 0 Å². The molecule has 0 spiro atoms. The molecule has 1 amide bonds. The highest BCUT2D eigenvalue weighted by molar-refractivity contribution is 5.76. The lowest BCUT2D eigenvalue weighted by Gasteiger charge is -2.09. The van der Waals surface area contributed by atoms with Gasteiger partial charge < -0.3 is 20.3 Å². The van der Waals surface area contributed by atoms with Crippen LogP contribution >= 0.6 is 0 Å². The number of carbonyl (C=O) groups excluding carboxylic acids is 1. The van der Waals surface area contributed by atoms with Crippen molar-refractivity contribution in [2.75, 3.05) is 13.7 Å². The Morgan fingerprint density at radius 3 is 2.77 bits per heavy atom. The van der Waals surface area contributed by atoms with Crippen LogP contribution in [0.4, 0.5) is 0 Å². The first-order valence-electron chi connectivity index (χ1n) is 7.09. The fourth-order valence-electron chi connectivity index (χ4n) is 1.84. The molecule has 0 bridgehead atoms. The number of amides is 1. The summed E-state index contributed by atoms with van der Waals surface area (Å²) in [6, 6.07) is 7.32. The van der Waals surface area contributed by atoms with Gasteiger partial charge in [-0.05, 0) is 31.2 Å². The SMILES string of the molecule is COc1ccc(-c2noc(CCC(=O)N[C@@H](C)CN)n2)cc1. The molecule has 1 aromatic heterocycles. The molecule has 0 fully saturated rings. The Hall–Kier alpha value is -2.41. The van der Waals surface area contributed by atoms with Crippen LogP contribution in [-0.4, -0.2) is 35.7 Å². The lowest BCUT2D eigenvalue weighted by atomic mass is 10.2. The molecule has 0 aliphatic carbocycles. The number of methoxy groups -OCH3 is 1. The molecule has 1 heterocycles. The fraction of sp³-hybridized carbons (Fsp3) is 0.400. The van der Waals surface area contributed by atoms with E-state index < -0.39 is 0 Å². The number of rotatable bonds is 7. The maximum absolute atomic E-state index is 11.7. The Morgan fingerprint density at radius 1 is 1.41 bits per heavy atom. The van der Waals surface area contributed by atoms with Gasteiger partial charge in [0.05, 0.1) is 7.11 Å². The topological polar surface area (TPSA) is 103 Å². The molecule has 22 heavy (non-hydrogen) atoms. The van der Waals surface area contributed by atoms with Crippen LogP contribution in [-0.2, 0) is 11.2 Å². The zero-order valence-corrected chi connectivity index (χ0v) is 12.7. The molecular formula is C15H20N4O3. The summed E-state index contributed by atoms with van der Waals surface area (Å²) in [6.07, 6.45) is 0.681. The van der Waals surface area contributed by atoms with E-state index in [-0.39, 0.29) is 18.4 Å². The number of benzene rings is 1. The highest BCUT2D eigenvalue weighted by Crippen LogP contribution is 2.19. The fourth-order valence-corrected chi connectivity index (χ4v) is 1.84. The van der Waals surface area contributed by atoms with Crippen LogP contribution in [0.2, 0.25) is 0 Å². The molecule has 1 atom stereocenters. The minimum atomic E-state index is -0.0813. The van der Waals surface area contributed by atoms with Gasteiger partial charge in [-0.1, -0.05) is 5.16 Å². The van der Waals surface area contributed by atoms with E-state index in [1.807, 2.05) is 31.2 Å². The third-order valence-electron chi connectivity index (χ3n) is 3.14. The van der Waals surface area contributed by atoms with Crippen molar-refractivity contribution in [1.29, 1.82) is 0 Å². The number of nitrogens with zero attached hydrogens (tertiary/aromatic N) is 2. The second-order valence-corrected chi connectivity index (χ2v) is 4.94. The molecule has 0 aliphatic rings. The van der Waals surface area contributed by atoms with Crippen molar-refractivity contribution < 1.29 is 14.1 Å². The summed E-state index contributed by atoms with van der Waals surface area (Å²) in [7, 11) is 1.61. The Balaban J connectivity index is 1.92. The molecule has 118 valence electrons. The first kappa shape index (κ1) is 16.0. The third-order valence-corrected chi connectivity index (χ3v) is 3.14. The molecule has 7 heteroatoms. The highest BCUT2D eigenvalue weighted by atomic mass is 16.5. The number of hydrogen-bond acceptors (Lipinski definition) is 6. The van der Waals surface area contributed by atoms with E-state index in [1.54, 1.807) is 7.11 Å². The maximum atomic E-state index is 11.7. The predicted octanol–water partition coefficient (Wildman–Crippen LogP) is 1.14. The van der Waals surface area contributed by atoms with Crippen LogP contribution in [0.15, 0.2) is 28.8 Å². The molecular weight excluding hydrogens is 284 g/mol. The van der Waals surface area contributed by atoms with Gasteiger partial charge in [0.2, 0.25) is 17.6 Å². The van der Waals surface area contributed by atoms with E-state index in [9.17, 15) is 4.79 Å². The monoisotopic (exact) mass is 304 g/mol. The highest BCUT2D eigenvalue weighted by Gasteiger charge is 2.11. The minimum absolute atomic E-state index is 0.0370. The first-order chi connectivity index (χ1) is 10.6. The summed E-state index contributed by atoms with van der Waals surface area (Å²) >= 11 is 0. The largest absolute Gasteiger partial charge is 0.497 e. The molecule has 0 radical (unpaired) electrons. The van der Waals surface area contributed by atoms with Crippen LogP contribution in [0, 0.1) is 0 Å². The second-order valence-electron chi connectivity index (χ2n) is 4.94. The molecule has 1 aromatic carbocycles. The summed E-state index contributed by atoms with van der Waals surface area (Å²) in [5.74, 6) is 1.61. The van der Waals surface area contributed by atoms with Gasteiger partial charge in [-0.25, -0.2) is 0 Å². The van der Waals surface area contributed by atoms with Gasteiger partial charge >= 0.3 is 0 Å². The van der Waals surface area contributed by atoms with Crippen molar-refractivity contribution >= 4 is 5.91 Å². The lowest BCUT2D eigenvalue weighted by molar-refractivity contribution is -0.121. The van der Waals surface area contributed by atoms with Gasteiger partial charge in [-0.15, -0.1) is 0 Å². The van der Waals surface area contributed by atoms with Crippen LogP contribution in [0.25, 0.3) is 11.4 Å². The Bertz CT molecular complexity index is 610. The number of nitrogens with two attached hydrogens (primary N) is 1. The molecule has 2 rings (SSSR count). The normalized spacial score (nSPS) is 12.0. The second kappa shape index (κ2) is 7.56. The lowest BCUT2D eigenvalue weighted by Crippen LogP contribution is -2.37. The Morgan fingerprint density at radius 2 is 2.14 bits per heavy atom. The number of nitrogens with one attached hydrogen (secondary N) is 1. The molecule has 0 aliphatic heterocycles. The van der Waals surface area contributed by atoms with Crippen molar-refractivity contribution in [3.63, 3.8) is 0 Å². The molecule has 2 aromatic rings. The van der Waals surface area contributed by atoms with E-state index in [1.165, 1.54) is 0 Å². The van der Waals surface area contributed by atoms with Crippen LogP contribution in [0.5, 0.6) is 5.75 Å². The number of ether oxygens (including phenoxy) is 1. The standard InChI is InChI=1S/C15H20N4O3/c1-10(9-16)17-13(20)7-8-14-18-15(19-22-14)11-3-5-12(21-2)6-4-11/h3-6,10H,7-9,16H2,1-2H3,(H,17,20)/t10-/m0/s1. The molecule has 0 saturated heterocycles. The van der Waals surface area contributed by atoms with Crippen molar-refractivity contribution in [2.24, 2.45) is 5.73 Å². The van der Waals surface area contributed by atoms with Crippen molar-refractivity contribution in [2.45, 2.75) is 25.8 Å². The van der Waals surface area contributed by atoms with Crippen molar-refractivity contribution in [3.05, 3.63) is 30.2 Å². The number of hydrogen-bond donors (Lipinski definition) is 2. The summed E-state index contributed by atoms with van der Waals surface area (Å²) in [4.78, 5) is 15.9. The van der Waals surface area contributed by atoms with E-state index in [4.69, 9.17) is 15.0 Å².